The van der Waals surface area contributed by atoms with Gasteiger partial charge < -0.3 is 10.6 Å². The smallest absolute Gasteiger partial charge is 0.227 e. The molecule has 5 heteroatoms. The first kappa shape index (κ1) is 15.0. The molecular formula is C15H26N4O. The summed E-state index contributed by atoms with van der Waals surface area (Å²) in [6.45, 7) is 6.73. The molecule has 5 nitrogen and oxygen atoms in total. The lowest BCUT2D eigenvalue weighted by molar-refractivity contribution is -0.132. The van der Waals surface area contributed by atoms with Crippen LogP contribution in [0.3, 0.4) is 0 Å². The van der Waals surface area contributed by atoms with Crippen LogP contribution < -0.4 is 10.6 Å². The molecule has 1 amide bonds. The van der Waals surface area contributed by atoms with Crippen molar-refractivity contribution in [3.63, 3.8) is 0 Å². The predicted molar refractivity (Wildman–Crippen MR) is 79.5 cm³/mol. The summed E-state index contributed by atoms with van der Waals surface area (Å²) in [5.74, 6) is 0.219. The van der Waals surface area contributed by atoms with Gasteiger partial charge in [-0.05, 0) is 51.1 Å². The van der Waals surface area contributed by atoms with E-state index in [2.05, 4.69) is 27.8 Å². The Balaban J connectivity index is 1.75. The van der Waals surface area contributed by atoms with Gasteiger partial charge in [-0.15, -0.1) is 0 Å². The number of nitrogens with one attached hydrogen (secondary N) is 3. The molecule has 3 N–H and O–H groups in total. The van der Waals surface area contributed by atoms with Gasteiger partial charge in [0.15, 0.2) is 0 Å². The second-order valence-electron chi connectivity index (χ2n) is 5.79. The molecule has 1 unspecified atom stereocenters. The average molecular weight is 278 g/mol. The zero-order valence-electron chi connectivity index (χ0n) is 12.6. The van der Waals surface area contributed by atoms with Crippen molar-refractivity contribution in [1.82, 2.24) is 20.8 Å². The monoisotopic (exact) mass is 278 g/mol. The molecule has 1 fully saturated rings. The number of aryl methyl sites for hydroxylation is 2. The van der Waals surface area contributed by atoms with E-state index in [1.54, 1.807) is 0 Å². The number of aromatic nitrogens is 2. The third-order valence-electron chi connectivity index (χ3n) is 4.47. The van der Waals surface area contributed by atoms with Gasteiger partial charge >= 0.3 is 0 Å². The Bertz CT molecular complexity index is 435. The molecule has 1 aliphatic rings. The maximum Gasteiger partial charge on any atom is 0.227 e. The molecule has 0 spiro atoms. The Labute approximate surface area is 120 Å². The van der Waals surface area contributed by atoms with Crippen LogP contribution in [0.2, 0.25) is 0 Å². The number of piperidine rings is 1. The summed E-state index contributed by atoms with van der Waals surface area (Å²) in [6, 6.07) is 0. The van der Waals surface area contributed by atoms with E-state index in [1.165, 1.54) is 5.56 Å². The van der Waals surface area contributed by atoms with Gasteiger partial charge in [0.1, 0.15) is 0 Å². The molecule has 0 saturated carbocycles. The summed E-state index contributed by atoms with van der Waals surface area (Å²) in [5.41, 5.74) is 2.17. The molecule has 112 valence electrons. The van der Waals surface area contributed by atoms with Gasteiger partial charge in [0, 0.05) is 18.8 Å². The van der Waals surface area contributed by atoms with E-state index in [0.717, 1.165) is 57.4 Å². The average Bonchev–Trinajstić information content (AvgIpc) is 2.89. The Morgan fingerprint density at radius 2 is 2.40 bits per heavy atom. The summed E-state index contributed by atoms with van der Waals surface area (Å²) in [6.07, 6.45) is 6.79. The molecule has 1 aromatic rings. The van der Waals surface area contributed by atoms with Crippen LogP contribution in [-0.2, 0) is 11.2 Å². The minimum Gasteiger partial charge on any atom is -0.356 e. The van der Waals surface area contributed by atoms with Crippen LogP contribution in [0, 0.1) is 12.3 Å². The highest BCUT2D eigenvalue weighted by molar-refractivity contribution is 5.83. The first-order valence-corrected chi connectivity index (χ1v) is 7.66. The van der Waals surface area contributed by atoms with Crippen LogP contribution in [-0.4, -0.2) is 35.7 Å². The van der Waals surface area contributed by atoms with Gasteiger partial charge in [0.25, 0.3) is 0 Å². The molecule has 1 aliphatic heterocycles. The predicted octanol–water partition coefficient (Wildman–Crippen LogP) is 1.55. The lowest BCUT2D eigenvalue weighted by Gasteiger charge is -2.35. The fourth-order valence-electron chi connectivity index (χ4n) is 2.92. The van der Waals surface area contributed by atoms with Gasteiger partial charge in [-0.3, -0.25) is 9.89 Å². The fourth-order valence-corrected chi connectivity index (χ4v) is 2.92. The van der Waals surface area contributed by atoms with E-state index < -0.39 is 0 Å². The minimum atomic E-state index is -0.191. The van der Waals surface area contributed by atoms with Gasteiger partial charge in [0.2, 0.25) is 5.91 Å². The SMILES string of the molecule is CCC1(C(=O)NCCCc2cn[nH]c2C)CCCNC1. The Morgan fingerprint density at radius 1 is 1.55 bits per heavy atom. The number of rotatable bonds is 6. The number of carbonyl (C=O) groups is 1. The molecule has 20 heavy (non-hydrogen) atoms. The molecule has 0 aromatic carbocycles. The van der Waals surface area contributed by atoms with Crippen molar-refractivity contribution >= 4 is 5.91 Å². The maximum absolute atomic E-state index is 12.4. The van der Waals surface area contributed by atoms with Gasteiger partial charge in [0.05, 0.1) is 11.6 Å². The largest absolute Gasteiger partial charge is 0.356 e. The lowest BCUT2D eigenvalue weighted by atomic mass is 9.77. The first-order valence-electron chi connectivity index (χ1n) is 7.66. The van der Waals surface area contributed by atoms with Gasteiger partial charge in [-0.25, -0.2) is 0 Å². The molecule has 1 atom stereocenters. The zero-order valence-corrected chi connectivity index (χ0v) is 12.6. The molecule has 0 aliphatic carbocycles. The van der Waals surface area contributed by atoms with Crippen LogP contribution in [0.4, 0.5) is 0 Å². The molecule has 0 bridgehead atoms. The van der Waals surface area contributed by atoms with E-state index in [9.17, 15) is 4.79 Å². The maximum atomic E-state index is 12.4. The van der Waals surface area contributed by atoms with Gasteiger partial charge in [-0.1, -0.05) is 6.92 Å². The fraction of sp³-hybridized carbons (Fsp3) is 0.733. The zero-order chi connectivity index (χ0) is 14.4. The summed E-state index contributed by atoms with van der Waals surface area (Å²) in [5, 5.41) is 13.4. The van der Waals surface area contributed by atoms with Crippen molar-refractivity contribution in [2.75, 3.05) is 19.6 Å². The van der Waals surface area contributed by atoms with Crippen molar-refractivity contribution in [2.45, 2.75) is 46.0 Å². The van der Waals surface area contributed by atoms with Crippen LogP contribution >= 0.6 is 0 Å². The molecule has 2 heterocycles. The third-order valence-corrected chi connectivity index (χ3v) is 4.47. The quantitative estimate of drug-likeness (QED) is 0.691. The molecule has 1 aromatic heterocycles. The normalized spacial score (nSPS) is 22.7. The summed E-state index contributed by atoms with van der Waals surface area (Å²) in [4.78, 5) is 12.4. The highest BCUT2D eigenvalue weighted by Crippen LogP contribution is 2.30. The molecular weight excluding hydrogens is 252 g/mol. The van der Waals surface area contributed by atoms with Crippen LogP contribution in [0.15, 0.2) is 6.20 Å². The third kappa shape index (κ3) is 3.39. The number of hydrogen-bond donors (Lipinski definition) is 3. The standard InChI is InChI=1S/C15H26N4O/c1-3-15(7-5-8-16-11-15)14(20)17-9-4-6-13-10-18-19-12(13)2/h10,16H,3-9,11H2,1-2H3,(H,17,20)(H,18,19). The van der Waals surface area contributed by atoms with E-state index in [-0.39, 0.29) is 11.3 Å². The first-order chi connectivity index (χ1) is 9.68. The highest BCUT2D eigenvalue weighted by Gasteiger charge is 2.37. The number of nitrogens with zero attached hydrogens (tertiary/aromatic N) is 1. The van der Waals surface area contributed by atoms with Crippen molar-refractivity contribution < 1.29 is 4.79 Å². The number of H-pyrrole nitrogens is 1. The highest BCUT2D eigenvalue weighted by atomic mass is 16.2. The summed E-state index contributed by atoms with van der Waals surface area (Å²) in [7, 11) is 0. The molecule has 0 radical (unpaired) electrons. The second kappa shape index (κ2) is 6.88. The number of aromatic amines is 1. The lowest BCUT2D eigenvalue weighted by Crippen LogP contribution is -2.50. The van der Waals surface area contributed by atoms with Crippen LogP contribution in [0.25, 0.3) is 0 Å². The summed E-state index contributed by atoms with van der Waals surface area (Å²) < 4.78 is 0. The molecule has 1 saturated heterocycles. The van der Waals surface area contributed by atoms with Crippen LogP contribution in [0.1, 0.15) is 43.9 Å². The van der Waals surface area contributed by atoms with Crippen molar-refractivity contribution in [1.29, 1.82) is 0 Å². The molecule has 2 rings (SSSR count). The Hall–Kier alpha value is -1.36. The summed E-state index contributed by atoms with van der Waals surface area (Å²) >= 11 is 0. The van der Waals surface area contributed by atoms with E-state index in [0.29, 0.717) is 0 Å². The van der Waals surface area contributed by atoms with Crippen molar-refractivity contribution in [3.05, 3.63) is 17.5 Å². The van der Waals surface area contributed by atoms with E-state index in [4.69, 9.17) is 0 Å². The Kier molecular flexibility index (Phi) is 5.17. The topological polar surface area (TPSA) is 69.8 Å². The van der Waals surface area contributed by atoms with E-state index in [1.807, 2.05) is 13.1 Å². The van der Waals surface area contributed by atoms with Crippen molar-refractivity contribution in [2.24, 2.45) is 5.41 Å². The minimum absolute atomic E-state index is 0.191. The van der Waals surface area contributed by atoms with Gasteiger partial charge in [-0.2, -0.15) is 5.10 Å². The number of hydrogen-bond acceptors (Lipinski definition) is 3. The number of amides is 1. The Morgan fingerprint density at radius 3 is 3.00 bits per heavy atom. The van der Waals surface area contributed by atoms with E-state index >= 15 is 0 Å². The van der Waals surface area contributed by atoms with Crippen molar-refractivity contribution in [3.8, 4) is 0 Å². The number of carbonyl (C=O) groups excluding carboxylic acids is 1. The second-order valence-corrected chi connectivity index (χ2v) is 5.79. The van der Waals surface area contributed by atoms with Crippen LogP contribution in [0.5, 0.6) is 0 Å².